The highest BCUT2D eigenvalue weighted by atomic mass is 32.1. The molecule has 0 bridgehead atoms. The summed E-state index contributed by atoms with van der Waals surface area (Å²) < 4.78 is 2.79. The second-order valence-electron chi connectivity index (χ2n) is 4.88. The molecule has 108 valence electrons. The Morgan fingerprint density at radius 2 is 2.29 bits per heavy atom. The Balaban J connectivity index is 1.92. The van der Waals surface area contributed by atoms with Gasteiger partial charge in [0.05, 0.1) is 17.6 Å². The first-order chi connectivity index (χ1) is 10.1. The van der Waals surface area contributed by atoms with E-state index in [0.717, 1.165) is 22.2 Å². The number of anilines is 2. The quantitative estimate of drug-likeness (QED) is 0.779. The first-order valence-corrected chi connectivity index (χ1v) is 7.52. The summed E-state index contributed by atoms with van der Waals surface area (Å²) >= 11 is 1.41. The van der Waals surface area contributed by atoms with Crippen molar-refractivity contribution in [3.63, 3.8) is 0 Å². The van der Waals surface area contributed by atoms with Gasteiger partial charge in [0.2, 0.25) is 0 Å². The zero-order valence-corrected chi connectivity index (χ0v) is 12.7. The number of amides is 1. The van der Waals surface area contributed by atoms with Crippen molar-refractivity contribution in [1.82, 2.24) is 9.78 Å². The van der Waals surface area contributed by atoms with Crippen molar-refractivity contribution in [3.05, 3.63) is 41.0 Å². The third kappa shape index (κ3) is 2.50. The van der Waals surface area contributed by atoms with Crippen LogP contribution in [0.1, 0.15) is 22.2 Å². The normalized spacial score (nSPS) is 11.0. The number of fused-ring (bicyclic) bond motifs is 1. The lowest BCUT2D eigenvalue weighted by molar-refractivity contribution is 0.103. The maximum atomic E-state index is 12.4. The summed E-state index contributed by atoms with van der Waals surface area (Å²) in [7, 11) is 0. The summed E-state index contributed by atoms with van der Waals surface area (Å²) in [6, 6.07) is 6.00. The molecule has 0 spiro atoms. The van der Waals surface area contributed by atoms with Crippen LogP contribution >= 0.6 is 11.3 Å². The Bertz CT molecular complexity index is 818. The van der Waals surface area contributed by atoms with Crippen molar-refractivity contribution < 1.29 is 4.79 Å². The summed E-state index contributed by atoms with van der Waals surface area (Å²) in [5, 5.41) is 7.90. The molecule has 2 aromatic heterocycles. The molecule has 3 rings (SSSR count). The summed E-state index contributed by atoms with van der Waals surface area (Å²) in [5.41, 5.74) is 8.47. The molecule has 6 heteroatoms. The van der Waals surface area contributed by atoms with Gasteiger partial charge in [0.25, 0.3) is 5.91 Å². The van der Waals surface area contributed by atoms with Crippen LogP contribution in [0.2, 0.25) is 0 Å². The molecule has 0 radical (unpaired) electrons. The van der Waals surface area contributed by atoms with Gasteiger partial charge in [-0.1, -0.05) is 12.1 Å². The number of hydrogen-bond acceptors (Lipinski definition) is 4. The van der Waals surface area contributed by atoms with Gasteiger partial charge in [-0.05, 0) is 25.5 Å². The highest BCUT2D eigenvalue weighted by molar-refractivity contribution is 7.21. The van der Waals surface area contributed by atoms with Crippen LogP contribution in [0.4, 0.5) is 11.4 Å². The van der Waals surface area contributed by atoms with Crippen LogP contribution < -0.4 is 11.1 Å². The number of nitrogens with one attached hydrogen (secondary N) is 1. The van der Waals surface area contributed by atoms with Gasteiger partial charge in [0, 0.05) is 22.8 Å². The fourth-order valence-corrected chi connectivity index (χ4v) is 3.30. The Morgan fingerprint density at radius 1 is 1.48 bits per heavy atom. The predicted octanol–water partition coefficient (Wildman–Crippen LogP) is 3.26. The number of carbonyl (C=O) groups is 1. The smallest absolute Gasteiger partial charge is 0.267 e. The third-order valence-electron chi connectivity index (χ3n) is 3.31. The first kappa shape index (κ1) is 13.6. The zero-order valence-electron chi connectivity index (χ0n) is 11.9. The minimum absolute atomic E-state index is 0.193. The van der Waals surface area contributed by atoms with Gasteiger partial charge in [-0.3, -0.25) is 9.48 Å². The number of aromatic nitrogens is 2. The van der Waals surface area contributed by atoms with Gasteiger partial charge in [-0.25, -0.2) is 0 Å². The molecule has 1 amide bonds. The highest BCUT2D eigenvalue weighted by Crippen LogP contribution is 2.34. The molecule has 3 N–H and O–H groups in total. The van der Waals surface area contributed by atoms with E-state index in [9.17, 15) is 4.79 Å². The maximum absolute atomic E-state index is 12.4. The van der Waals surface area contributed by atoms with Crippen LogP contribution in [0, 0.1) is 6.92 Å². The van der Waals surface area contributed by atoms with Gasteiger partial charge >= 0.3 is 0 Å². The molecular weight excluding hydrogens is 284 g/mol. The number of nitrogens with two attached hydrogens (primary N) is 1. The minimum Gasteiger partial charge on any atom is -0.397 e. The molecule has 5 nitrogen and oxygen atoms in total. The predicted molar refractivity (Wildman–Crippen MR) is 86.8 cm³/mol. The molecule has 0 aliphatic heterocycles. The number of carbonyl (C=O) groups excluding carboxylic acids is 1. The summed E-state index contributed by atoms with van der Waals surface area (Å²) in [5.74, 6) is -0.193. The number of nitrogens with zero attached hydrogens (tertiary/aromatic N) is 2. The number of benzene rings is 1. The molecular formula is C15H16N4OS. The maximum Gasteiger partial charge on any atom is 0.267 e. The Hall–Kier alpha value is -2.34. The summed E-state index contributed by atoms with van der Waals surface area (Å²) in [6.45, 7) is 4.78. The van der Waals surface area contributed by atoms with Crippen molar-refractivity contribution in [2.45, 2.75) is 20.4 Å². The molecule has 1 aromatic carbocycles. The van der Waals surface area contributed by atoms with Gasteiger partial charge in [-0.15, -0.1) is 11.3 Å². The second-order valence-corrected chi connectivity index (χ2v) is 5.94. The largest absolute Gasteiger partial charge is 0.397 e. The second kappa shape index (κ2) is 5.21. The van der Waals surface area contributed by atoms with Gasteiger partial charge in [-0.2, -0.15) is 5.10 Å². The van der Waals surface area contributed by atoms with Crippen molar-refractivity contribution in [1.29, 1.82) is 0 Å². The first-order valence-electron chi connectivity index (χ1n) is 6.71. The fourth-order valence-electron chi connectivity index (χ4n) is 2.18. The van der Waals surface area contributed by atoms with Gasteiger partial charge in [0.15, 0.2) is 0 Å². The van der Waals surface area contributed by atoms with E-state index in [1.165, 1.54) is 11.3 Å². The van der Waals surface area contributed by atoms with Crippen LogP contribution in [0.3, 0.4) is 0 Å². The molecule has 0 unspecified atom stereocenters. The Kier molecular flexibility index (Phi) is 3.39. The van der Waals surface area contributed by atoms with Crippen molar-refractivity contribution in [2.75, 3.05) is 11.1 Å². The average Bonchev–Trinajstić information content (AvgIpc) is 3.03. The van der Waals surface area contributed by atoms with Crippen LogP contribution in [0.5, 0.6) is 0 Å². The molecule has 3 aromatic rings. The molecule has 0 saturated carbocycles. The van der Waals surface area contributed by atoms with Gasteiger partial charge < -0.3 is 11.1 Å². The Morgan fingerprint density at radius 3 is 3.00 bits per heavy atom. The van der Waals surface area contributed by atoms with E-state index >= 15 is 0 Å². The van der Waals surface area contributed by atoms with Crippen molar-refractivity contribution >= 4 is 38.7 Å². The van der Waals surface area contributed by atoms with E-state index in [1.54, 1.807) is 17.1 Å². The molecule has 0 aliphatic carbocycles. The SMILES string of the molecule is CCn1cc(NC(=O)c2sc3cc(C)ccc3c2N)cn1. The fraction of sp³-hybridized carbons (Fsp3) is 0.200. The van der Waals surface area contributed by atoms with Crippen LogP contribution in [-0.2, 0) is 6.54 Å². The van der Waals surface area contributed by atoms with E-state index in [1.807, 2.05) is 32.0 Å². The average molecular weight is 300 g/mol. The van der Waals surface area contributed by atoms with Crippen molar-refractivity contribution in [2.24, 2.45) is 0 Å². The van der Waals surface area contributed by atoms with E-state index in [2.05, 4.69) is 10.4 Å². The number of thiophene rings is 1. The molecule has 0 saturated heterocycles. The number of nitrogen functional groups attached to an aromatic ring is 1. The molecule has 0 fully saturated rings. The monoisotopic (exact) mass is 300 g/mol. The standard InChI is InChI=1S/C15H16N4OS/c1-3-19-8-10(7-17-19)18-15(20)14-13(16)11-5-4-9(2)6-12(11)21-14/h4-8H,3,16H2,1-2H3,(H,18,20). The lowest BCUT2D eigenvalue weighted by Crippen LogP contribution is -2.11. The third-order valence-corrected chi connectivity index (χ3v) is 4.47. The van der Waals surface area contributed by atoms with Gasteiger partial charge in [0.1, 0.15) is 4.88 Å². The Labute approximate surface area is 126 Å². The topological polar surface area (TPSA) is 72.9 Å². The van der Waals surface area contributed by atoms with E-state index in [4.69, 9.17) is 5.73 Å². The van der Waals surface area contributed by atoms with Crippen LogP contribution in [-0.4, -0.2) is 15.7 Å². The van der Waals surface area contributed by atoms with Crippen LogP contribution in [0.25, 0.3) is 10.1 Å². The van der Waals surface area contributed by atoms with E-state index in [-0.39, 0.29) is 5.91 Å². The van der Waals surface area contributed by atoms with Crippen molar-refractivity contribution in [3.8, 4) is 0 Å². The number of rotatable bonds is 3. The lowest BCUT2D eigenvalue weighted by Gasteiger charge is -2.00. The molecule has 21 heavy (non-hydrogen) atoms. The molecule has 2 heterocycles. The number of hydrogen-bond donors (Lipinski definition) is 2. The summed E-state index contributed by atoms with van der Waals surface area (Å²) in [4.78, 5) is 12.9. The molecule has 0 atom stereocenters. The number of aryl methyl sites for hydroxylation is 2. The minimum atomic E-state index is -0.193. The highest BCUT2D eigenvalue weighted by Gasteiger charge is 2.17. The summed E-state index contributed by atoms with van der Waals surface area (Å²) in [6.07, 6.45) is 3.43. The van der Waals surface area contributed by atoms with Crippen LogP contribution in [0.15, 0.2) is 30.6 Å². The van der Waals surface area contributed by atoms with E-state index < -0.39 is 0 Å². The molecule has 0 aliphatic rings. The van der Waals surface area contributed by atoms with E-state index in [0.29, 0.717) is 16.3 Å². The lowest BCUT2D eigenvalue weighted by atomic mass is 10.1. The zero-order chi connectivity index (χ0) is 15.0.